The summed E-state index contributed by atoms with van der Waals surface area (Å²) < 4.78 is 5.97. The number of nitrogens with one attached hydrogen (secondary N) is 1. The van der Waals surface area contributed by atoms with E-state index in [4.69, 9.17) is 4.74 Å². The lowest BCUT2D eigenvalue weighted by molar-refractivity contribution is -0.179. The molecule has 2 aliphatic heterocycles. The monoisotopic (exact) mass is 370 g/mol. The van der Waals surface area contributed by atoms with Crippen molar-refractivity contribution in [2.45, 2.75) is 64.6 Å². The summed E-state index contributed by atoms with van der Waals surface area (Å²) in [4.78, 5) is 18.4. The molecular weight excluding hydrogens is 340 g/mol. The molecule has 2 aliphatic rings. The highest BCUT2D eigenvalue weighted by Crippen LogP contribution is 2.36. The van der Waals surface area contributed by atoms with Gasteiger partial charge >= 0.3 is 0 Å². The SMILES string of the molecule is Cc1[nH]c2c(C)ccc(C)c2c1CC(=O)N1CCC2(CC1)OCCCC2O. The van der Waals surface area contributed by atoms with Gasteiger partial charge in [0, 0.05) is 36.3 Å². The molecule has 0 bridgehead atoms. The highest BCUT2D eigenvalue weighted by Gasteiger charge is 2.44. The topological polar surface area (TPSA) is 65.6 Å². The fourth-order valence-corrected chi connectivity index (χ4v) is 4.82. The van der Waals surface area contributed by atoms with Gasteiger partial charge in [0.1, 0.15) is 0 Å². The Bertz CT molecular complexity index is 862. The number of rotatable bonds is 2. The number of carbonyl (C=O) groups excluding carboxylic acids is 1. The van der Waals surface area contributed by atoms with Crippen LogP contribution in [0.25, 0.3) is 10.9 Å². The molecule has 1 atom stereocenters. The minimum Gasteiger partial charge on any atom is -0.390 e. The normalized spacial score (nSPS) is 22.5. The Morgan fingerprint density at radius 1 is 1.26 bits per heavy atom. The Kier molecular flexibility index (Phi) is 4.77. The average molecular weight is 370 g/mol. The summed E-state index contributed by atoms with van der Waals surface area (Å²) in [6, 6.07) is 4.25. The molecule has 1 aromatic carbocycles. The van der Waals surface area contributed by atoms with E-state index in [0.717, 1.165) is 49.1 Å². The summed E-state index contributed by atoms with van der Waals surface area (Å²) in [6.45, 7) is 8.31. The second-order valence-electron chi connectivity index (χ2n) is 8.31. The van der Waals surface area contributed by atoms with Crippen LogP contribution in [0, 0.1) is 20.8 Å². The summed E-state index contributed by atoms with van der Waals surface area (Å²) in [5.74, 6) is 0.167. The maximum absolute atomic E-state index is 13.0. The van der Waals surface area contributed by atoms with E-state index >= 15 is 0 Å². The smallest absolute Gasteiger partial charge is 0.227 e. The van der Waals surface area contributed by atoms with Crippen LogP contribution in [0.2, 0.25) is 0 Å². The van der Waals surface area contributed by atoms with E-state index in [1.54, 1.807) is 0 Å². The first-order valence-electron chi connectivity index (χ1n) is 10.1. The molecule has 1 aromatic heterocycles. The number of ether oxygens (including phenoxy) is 1. The molecule has 1 spiro atoms. The van der Waals surface area contributed by atoms with Gasteiger partial charge in [-0.15, -0.1) is 0 Å². The Morgan fingerprint density at radius 2 is 1.96 bits per heavy atom. The number of aryl methyl sites for hydroxylation is 3. The van der Waals surface area contributed by atoms with Gasteiger partial charge in [0.2, 0.25) is 5.91 Å². The number of hydrogen-bond acceptors (Lipinski definition) is 3. The summed E-state index contributed by atoms with van der Waals surface area (Å²) >= 11 is 0. The van der Waals surface area contributed by atoms with E-state index in [0.29, 0.717) is 19.5 Å². The number of carbonyl (C=O) groups is 1. The molecule has 0 saturated carbocycles. The van der Waals surface area contributed by atoms with E-state index in [2.05, 4.69) is 37.9 Å². The van der Waals surface area contributed by atoms with Crippen LogP contribution in [0.5, 0.6) is 0 Å². The summed E-state index contributed by atoms with van der Waals surface area (Å²) in [7, 11) is 0. The van der Waals surface area contributed by atoms with Crippen molar-refractivity contribution in [3.8, 4) is 0 Å². The van der Waals surface area contributed by atoms with Gasteiger partial charge in [0.05, 0.1) is 18.1 Å². The van der Waals surface area contributed by atoms with Gasteiger partial charge in [0.15, 0.2) is 0 Å². The van der Waals surface area contributed by atoms with E-state index in [1.165, 1.54) is 16.5 Å². The molecular formula is C22H30N2O3. The fraction of sp³-hybridized carbons (Fsp3) is 0.591. The number of fused-ring (bicyclic) bond motifs is 1. The summed E-state index contributed by atoms with van der Waals surface area (Å²) in [5, 5.41) is 11.6. The van der Waals surface area contributed by atoms with E-state index in [9.17, 15) is 9.90 Å². The number of likely N-dealkylation sites (tertiary alicyclic amines) is 1. The standard InChI is InChI=1S/C22H30N2O3/c1-14-6-7-15(2)21-20(14)17(16(3)23-21)13-19(26)24-10-8-22(9-11-24)18(25)5-4-12-27-22/h6-7,18,23,25H,4-5,8-13H2,1-3H3. The molecule has 2 saturated heterocycles. The number of piperidine rings is 1. The molecule has 5 nitrogen and oxygen atoms in total. The number of aromatic nitrogens is 1. The zero-order valence-corrected chi connectivity index (χ0v) is 16.6. The van der Waals surface area contributed by atoms with Crippen molar-refractivity contribution in [3.63, 3.8) is 0 Å². The molecule has 2 aromatic rings. The number of nitrogens with zero attached hydrogens (tertiary/aromatic N) is 1. The lowest BCUT2D eigenvalue weighted by Crippen LogP contribution is -2.56. The van der Waals surface area contributed by atoms with Crippen LogP contribution in [0.3, 0.4) is 0 Å². The predicted octanol–water partition coefficient (Wildman–Crippen LogP) is 3.17. The molecule has 0 aliphatic carbocycles. The molecule has 4 rings (SSSR count). The van der Waals surface area contributed by atoms with Crippen LogP contribution in [0.1, 0.15) is 48.1 Å². The lowest BCUT2D eigenvalue weighted by Gasteiger charge is -2.46. The lowest BCUT2D eigenvalue weighted by atomic mass is 9.82. The molecule has 27 heavy (non-hydrogen) atoms. The Morgan fingerprint density at radius 3 is 2.67 bits per heavy atom. The van der Waals surface area contributed by atoms with Gasteiger partial charge in [-0.3, -0.25) is 4.79 Å². The first kappa shape index (κ1) is 18.5. The molecule has 2 fully saturated rings. The van der Waals surface area contributed by atoms with Crippen LogP contribution in [0.15, 0.2) is 12.1 Å². The van der Waals surface area contributed by atoms with E-state index in [-0.39, 0.29) is 5.91 Å². The van der Waals surface area contributed by atoms with Crippen molar-refractivity contribution in [2.24, 2.45) is 0 Å². The Hall–Kier alpha value is -1.85. The van der Waals surface area contributed by atoms with Crippen LogP contribution in [-0.2, 0) is 16.0 Å². The Balaban J connectivity index is 1.50. The third-order valence-corrected chi connectivity index (χ3v) is 6.60. The van der Waals surface area contributed by atoms with E-state index in [1.807, 2.05) is 4.90 Å². The van der Waals surface area contributed by atoms with Gasteiger partial charge in [0.25, 0.3) is 0 Å². The largest absolute Gasteiger partial charge is 0.390 e. The number of hydrogen-bond donors (Lipinski definition) is 2. The Labute approximate surface area is 160 Å². The van der Waals surface area contributed by atoms with Crippen molar-refractivity contribution in [1.82, 2.24) is 9.88 Å². The number of aliphatic hydroxyl groups excluding tert-OH is 1. The first-order chi connectivity index (χ1) is 12.9. The van der Waals surface area contributed by atoms with Gasteiger partial charge in [-0.25, -0.2) is 0 Å². The van der Waals surface area contributed by atoms with Crippen molar-refractivity contribution < 1.29 is 14.6 Å². The number of amides is 1. The number of aliphatic hydroxyl groups is 1. The van der Waals surface area contributed by atoms with Crippen LogP contribution >= 0.6 is 0 Å². The molecule has 0 radical (unpaired) electrons. The van der Waals surface area contributed by atoms with Crippen molar-refractivity contribution >= 4 is 16.8 Å². The zero-order valence-electron chi connectivity index (χ0n) is 16.6. The third-order valence-electron chi connectivity index (χ3n) is 6.60. The van der Waals surface area contributed by atoms with Crippen molar-refractivity contribution in [1.29, 1.82) is 0 Å². The third kappa shape index (κ3) is 3.17. The van der Waals surface area contributed by atoms with E-state index < -0.39 is 11.7 Å². The van der Waals surface area contributed by atoms with Gasteiger partial charge in [-0.1, -0.05) is 12.1 Å². The minimum atomic E-state index is -0.431. The highest BCUT2D eigenvalue weighted by atomic mass is 16.5. The molecule has 2 N–H and O–H groups in total. The first-order valence-corrected chi connectivity index (χ1v) is 10.1. The summed E-state index contributed by atoms with van der Waals surface area (Å²) in [5.41, 5.74) is 5.33. The van der Waals surface area contributed by atoms with Gasteiger partial charge < -0.3 is 19.7 Å². The maximum atomic E-state index is 13.0. The van der Waals surface area contributed by atoms with Gasteiger partial charge in [-0.2, -0.15) is 0 Å². The van der Waals surface area contributed by atoms with Crippen LogP contribution in [-0.4, -0.2) is 52.3 Å². The second-order valence-corrected chi connectivity index (χ2v) is 8.31. The number of benzene rings is 1. The fourth-order valence-electron chi connectivity index (χ4n) is 4.82. The molecule has 1 unspecified atom stereocenters. The predicted molar refractivity (Wildman–Crippen MR) is 106 cm³/mol. The summed E-state index contributed by atoms with van der Waals surface area (Å²) in [6.07, 6.45) is 3.21. The van der Waals surface area contributed by atoms with Crippen LogP contribution < -0.4 is 0 Å². The molecule has 146 valence electrons. The number of H-pyrrole nitrogens is 1. The highest BCUT2D eigenvalue weighted by molar-refractivity contribution is 5.93. The van der Waals surface area contributed by atoms with Crippen molar-refractivity contribution in [2.75, 3.05) is 19.7 Å². The minimum absolute atomic E-state index is 0.167. The molecule has 3 heterocycles. The zero-order chi connectivity index (χ0) is 19.2. The molecule has 5 heteroatoms. The van der Waals surface area contributed by atoms with Crippen molar-refractivity contribution in [3.05, 3.63) is 34.5 Å². The molecule has 1 amide bonds. The quantitative estimate of drug-likeness (QED) is 0.853. The maximum Gasteiger partial charge on any atom is 0.227 e. The van der Waals surface area contributed by atoms with Gasteiger partial charge in [-0.05, 0) is 63.1 Å². The van der Waals surface area contributed by atoms with Crippen LogP contribution in [0.4, 0.5) is 0 Å². The second kappa shape index (κ2) is 6.95. The number of aromatic amines is 1. The average Bonchev–Trinajstić information content (AvgIpc) is 2.99.